The second-order valence-electron chi connectivity index (χ2n) is 5.18. The predicted octanol–water partition coefficient (Wildman–Crippen LogP) is 3.52. The minimum atomic E-state index is -4.26. The van der Waals surface area contributed by atoms with Gasteiger partial charge in [-0.1, -0.05) is 12.1 Å². The van der Waals surface area contributed by atoms with Crippen molar-refractivity contribution in [1.29, 1.82) is 0 Å². The van der Waals surface area contributed by atoms with Crippen LogP contribution < -0.4 is 5.32 Å². The van der Waals surface area contributed by atoms with Crippen LogP contribution in [0.5, 0.6) is 0 Å². The molecule has 0 saturated heterocycles. The summed E-state index contributed by atoms with van der Waals surface area (Å²) in [6.07, 6.45) is -2.72. The molecule has 0 fully saturated rings. The van der Waals surface area contributed by atoms with Crippen LogP contribution in [0.15, 0.2) is 18.2 Å². The van der Waals surface area contributed by atoms with E-state index in [9.17, 15) is 13.2 Å². The number of nitrogens with one attached hydrogen (secondary N) is 1. The minimum Gasteiger partial charge on any atom is -0.308 e. The number of halogens is 3. The monoisotopic (exact) mass is 243 g/mol. The lowest BCUT2D eigenvalue weighted by Gasteiger charge is -2.23. The molecule has 0 amide bonds. The third kappa shape index (κ3) is 2.63. The zero-order valence-electron chi connectivity index (χ0n) is 9.99. The molecule has 1 heterocycles. The lowest BCUT2D eigenvalue weighted by molar-refractivity contribution is -0.138. The molecule has 0 spiro atoms. The fraction of sp³-hybridized carbons (Fsp3) is 0.538. The standard InChI is InChI=1S/C13H16F3N/c1-12(2)7-6-9-4-3-5-11(13(14,15)16)10(9)8-17-12/h3-5,17H,6-8H2,1-2H3. The van der Waals surface area contributed by atoms with E-state index in [1.807, 2.05) is 13.8 Å². The molecular formula is C13H16F3N. The summed E-state index contributed by atoms with van der Waals surface area (Å²) < 4.78 is 38.6. The van der Waals surface area contributed by atoms with Crippen LogP contribution in [-0.4, -0.2) is 5.54 Å². The first kappa shape index (κ1) is 12.4. The summed E-state index contributed by atoms with van der Waals surface area (Å²) in [7, 11) is 0. The molecule has 4 heteroatoms. The average molecular weight is 243 g/mol. The summed E-state index contributed by atoms with van der Waals surface area (Å²) in [5, 5.41) is 3.19. The van der Waals surface area contributed by atoms with Crippen molar-refractivity contribution < 1.29 is 13.2 Å². The molecule has 0 bridgehead atoms. The van der Waals surface area contributed by atoms with Crippen LogP contribution in [0.1, 0.15) is 37.0 Å². The van der Waals surface area contributed by atoms with Crippen LogP contribution in [0, 0.1) is 0 Å². The SMILES string of the molecule is CC1(C)CCc2cccc(C(F)(F)F)c2CN1. The summed E-state index contributed by atoms with van der Waals surface area (Å²) in [4.78, 5) is 0. The quantitative estimate of drug-likeness (QED) is 0.735. The van der Waals surface area contributed by atoms with E-state index in [4.69, 9.17) is 0 Å². The molecule has 0 unspecified atom stereocenters. The third-order valence-corrected chi connectivity index (χ3v) is 3.34. The lowest BCUT2D eigenvalue weighted by Crippen LogP contribution is -2.37. The third-order valence-electron chi connectivity index (χ3n) is 3.34. The molecule has 0 radical (unpaired) electrons. The normalized spacial score (nSPS) is 19.6. The summed E-state index contributed by atoms with van der Waals surface area (Å²) >= 11 is 0. The van der Waals surface area contributed by atoms with Gasteiger partial charge in [-0.15, -0.1) is 0 Å². The first-order valence-corrected chi connectivity index (χ1v) is 5.73. The Morgan fingerprint density at radius 1 is 1.24 bits per heavy atom. The molecule has 1 N–H and O–H groups in total. The molecule has 17 heavy (non-hydrogen) atoms. The maximum absolute atomic E-state index is 12.9. The fourth-order valence-corrected chi connectivity index (χ4v) is 2.21. The Bertz CT molecular complexity index is 421. The smallest absolute Gasteiger partial charge is 0.308 e. The molecule has 1 aromatic rings. The van der Waals surface area contributed by atoms with E-state index in [1.54, 1.807) is 6.07 Å². The molecule has 0 aromatic heterocycles. The molecule has 0 saturated carbocycles. The molecule has 1 aromatic carbocycles. The van der Waals surface area contributed by atoms with E-state index in [-0.39, 0.29) is 12.1 Å². The van der Waals surface area contributed by atoms with E-state index >= 15 is 0 Å². The van der Waals surface area contributed by atoms with Gasteiger partial charge in [0.1, 0.15) is 0 Å². The minimum absolute atomic E-state index is 0.109. The van der Waals surface area contributed by atoms with Crippen molar-refractivity contribution in [1.82, 2.24) is 5.32 Å². The van der Waals surface area contributed by atoms with E-state index in [0.29, 0.717) is 12.0 Å². The Labute approximate surface area is 99.0 Å². The highest BCUT2D eigenvalue weighted by Crippen LogP contribution is 2.35. The molecule has 0 aliphatic carbocycles. The van der Waals surface area contributed by atoms with Crippen molar-refractivity contribution >= 4 is 0 Å². The number of aryl methyl sites for hydroxylation is 1. The molecule has 0 atom stereocenters. The van der Waals surface area contributed by atoms with Gasteiger partial charge in [-0.05, 0) is 43.9 Å². The Morgan fingerprint density at radius 3 is 2.59 bits per heavy atom. The second kappa shape index (κ2) is 4.02. The van der Waals surface area contributed by atoms with Gasteiger partial charge < -0.3 is 5.32 Å². The van der Waals surface area contributed by atoms with Crippen LogP contribution in [0.25, 0.3) is 0 Å². The Morgan fingerprint density at radius 2 is 1.94 bits per heavy atom. The topological polar surface area (TPSA) is 12.0 Å². The maximum Gasteiger partial charge on any atom is 0.416 e. The fourth-order valence-electron chi connectivity index (χ4n) is 2.21. The molecule has 1 nitrogen and oxygen atoms in total. The number of hydrogen-bond donors (Lipinski definition) is 1. The highest BCUT2D eigenvalue weighted by molar-refractivity contribution is 5.38. The van der Waals surface area contributed by atoms with Crippen molar-refractivity contribution in [3.63, 3.8) is 0 Å². The molecule has 1 aliphatic heterocycles. The predicted molar refractivity (Wildman–Crippen MR) is 60.7 cm³/mol. The van der Waals surface area contributed by atoms with Crippen LogP contribution in [0.3, 0.4) is 0 Å². The van der Waals surface area contributed by atoms with Gasteiger partial charge in [0.25, 0.3) is 0 Å². The van der Waals surface area contributed by atoms with Gasteiger partial charge in [-0.25, -0.2) is 0 Å². The first-order valence-electron chi connectivity index (χ1n) is 5.73. The molecule has 1 aliphatic rings. The van der Waals surface area contributed by atoms with Crippen molar-refractivity contribution in [3.8, 4) is 0 Å². The largest absolute Gasteiger partial charge is 0.416 e. The Kier molecular flexibility index (Phi) is 2.94. The lowest BCUT2D eigenvalue weighted by atomic mass is 9.95. The molecule has 94 valence electrons. The van der Waals surface area contributed by atoms with Crippen LogP contribution >= 0.6 is 0 Å². The number of rotatable bonds is 0. The molecule has 2 rings (SSSR count). The van der Waals surface area contributed by atoms with Gasteiger partial charge in [0, 0.05) is 12.1 Å². The average Bonchev–Trinajstić information content (AvgIpc) is 2.36. The Balaban J connectivity index is 2.43. The number of benzene rings is 1. The first-order chi connectivity index (χ1) is 7.80. The van der Waals surface area contributed by atoms with Gasteiger partial charge in [-0.2, -0.15) is 13.2 Å². The van der Waals surface area contributed by atoms with Crippen molar-refractivity contribution in [2.24, 2.45) is 0 Å². The zero-order chi connectivity index (χ0) is 12.7. The number of fused-ring (bicyclic) bond motifs is 1. The summed E-state index contributed by atoms with van der Waals surface area (Å²) in [6.45, 7) is 4.33. The van der Waals surface area contributed by atoms with Gasteiger partial charge in [0.05, 0.1) is 5.56 Å². The van der Waals surface area contributed by atoms with E-state index < -0.39 is 11.7 Å². The van der Waals surface area contributed by atoms with Gasteiger partial charge in [0.15, 0.2) is 0 Å². The van der Waals surface area contributed by atoms with E-state index in [2.05, 4.69) is 5.32 Å². The van der Waals surface area contributed by atoms with Crippen molar-refractivity contribution in [2.45, 2.75) is 44.9 Å². The van der Waals surface area contributed by atoms with Crippen LogP contribution in [0.2, 0.25) is 0 Å². The highest BCUT2D eigenvalue weighted by Gasteiger charge is 2.35. The van der Waals surface area contributed by atoms with Crippen LogP contribution in [-0.2, 0) is 19.1 Å². The van der Waals surface area contributed by atoms with Gasteiger partial charge >= 0.3 is 6.18 Å². The zero-order valence-corrected chi connectivity index (χ0v) is 9.99. The van der Waals surface area contributed by atoms with E-state index in [1.165, 1.54) is 12.1 Å². The van der Waals surface area contributed by atoms with Crippen molar-refractivity contribution in [2.75, 3.05) is 0 Å². The highest BCUT2D eigenvalue weighted by atomic mass is 19.4. The summed E-state index contributed by atoms with van der Waals surface area (Å²) in [6, 6.07) is 4.46. The maximum atomic E-state index is 12.9. The van der Waals surface area contributed by atoms with Gasteiger partial charge in [-0.3, -0.25) is 0 Å². The summed E-state index contributed by atoms with van der Waals surface area (Å²) in [5.41, 5.74) is 0.616. The summed E-state index contributed by atoms with van der Waals surface area (Å²) in [5.74, 6) is 0. The number of hydrogen-bond acceptors (Lipinski definition) is 1. The number of alkyl halides is 3. The van der Waals surface area contributed by atoms with Gasteiger partial charge in [0.2, 0.25) is 0 Å². The second-order valence-corrected chi connectivity index (χ2v) is 5.18. The van der Waals surface area contributed by atoms with Crippen molar-refractivity contribution in [3.05, 3.63) is 34.9 Å². The van der Waals surface area contributed by atoms with Crippen LogP contribution in [0.4, 0.5) is 13.2 Å². The molecular weight excluding hydrogens is 227 g/mol. The Hall–Kier alpha value is -1.03. The van der Waals surface area contributed by atoms with E-state index in [0.717, 1.165) is 12.0 Å².